The molecular formula is C18H28N4O4. The summed E-state index contributed by atoms with van der Waals surface area (Å²) in [5, 5.41) is 12.4. The monoisotopic (exact) mass is 364 g/mol. The number of nitrogens with zero attached hydrogens (tertiary/aromatic N) is 3. The number of amides is 2. The fourth-order valence-corrected chi connectivity index (χ4v) is 3.03. The van der Waals surface area contributed by atoms with Gasteiger partial charge in [-0.1, -0.05) is 12.2 Å². The van der Waals surface area contributed by atoms with Gasteiger partial charge in [0.25, 0.3) is 5.91 Å². The maximum absolute atomic E-state index is 12.8. The third-order valence-electron chi connectivity index (χ3n) is 4.76. The Bertz CT molecular complexity index is 572. The molecular weight excluding hydrogens is 336 g/mol. The van der Waals surface area contributed by atoms with Gasteiger partial charge in [0.15, 0.2) is 6.10 Å². The maximum Gasteiger partial charge on any atom is 0.410 e. The van der Waals surface area contributed by atoms with E-state index in [9.17, 15) is 14.9 Å². The van der Waals surface area contributed by atoms with Gasteiger partial charge >= 0.3 is 6.09 Å². The Labute approximate surface area is 154 Å². The predicted octanol–water partition coefficient (Wildman–Crippen LogP) is 0.894. The van der Waals surface area contributed by atoms with E-state index in [2.05, 4.69) is 22.9 Å². The van der Waals surface area contributed by atoms with E-state index in [0.29, 0.717) is 39.1 Å². The molecule has 8 nitrogen and oxygen atoms in total. The molecule has 2 fully saturated rings. The molecule has 2 aliphatic rings. The molecule has 2 amide bonds. The normalized spacial score (nSPS) is 21.3. The van der Waals surface area contributed by atoms with Gasteiger partial charge in [-0.25, -0.2) is 4.79 Å². The van der Waals surface area contributed by atoms with Crippen LogP contribution in [0.25, 0.3) is 0 Å². The Hall–Kier alpha value is -2.11. The summed E-state index contributed by atoms with van der Waals surface area (Å²) >= 11 is 0. The van der Waals surface area contributed by atoms with Crippen molar-refractivity contribution in [3.05, 3.63) is 12.2 Å². The van der Waals surface area contributed by atoms with Crippen LogP contribution >= 0.6 is 0 Å². The average molecular weight is 364 g/mol. The van der Waals surface area contributed by atoms with Crippen LogP contribution in [0, 0.1) is 11.3 Å². The highest BCUT2D eigenvalue weighted by molar-refractivity contribution is 5.84. The van der Waals surface area contributed by atoms with Crippen LogP contribution in [0.3, 0.4) is 0 Å². The van der Waals surface area contributed by atoms with Gasteiger partial charge in [-0.3, -0.25) is 4.79 Å². The van der Waals surface area contributed by atoms with E-state index in [-0.39, 0.29) is 6.42 Å². The number of rotatable bonds is 5. The summed E-state index contributed by atoms with van der Waals surface area (Å²) in [5.74, 6) is -0.444. The zero-order chi connectivity index (χ0) is 19.2. The van der Waals surface area contributed by atoms with E-state index in [1.54, 1.807) is 6.92 Å². The van der Waals surface area contributed by atoms with Gasteiger partial charge < -0.3 is 24.6 Å². The van der Waals surface area contributed by atoms with Crippen LogP contribution in [-0.4, -0.2) is 79.9 Å². The molecule has 1 N–H and O–H groups in total. The van der Waals surface area contributed by atoms with Gasteiger partial charge in [0.2, 0.25) is 0 Å². The number of hydrogen-bond donors (Lipinski definition) is 1. The number of carbonyl (C=O) groups excluding carboxylic acids is 2. The van der Waals surface area contributed by atoms with E-state index in [1.165, 1.54) is 4.90 Å². The molecule has 2 rings (SSSR count). The van der Waals surface area contributed by atoms with E-state index in [1.807, 2.05) is 7.05 Å². The second kappa shape index (κ2) is 9.01. The first kappa shape index (κ1) is 20.2. The summed E-state index contributed by atoms with van der Waals surface area (Å²) in [6.45, 7) is 8.84. The molecule has 0 bridgehead atoms. The topological polar surface area (TPSA) is 94.9 Å². The van der Waals surface area contributed by atoms with Crippen LogP contribution in [0.2, 0.25) is 0 Å². The number of hydrogen-bond acceptors (Lipinski definition) is 6. The Morgan fingerprint density at radius 1 is 1.31 bits per heavy atom. The largest absolute Gasteiger partial charge is 0.436 e. The number of nitriles is 1. The second-order valence-electron chi connectivity index (χ2n) is 7.12. The molecule has 2 saturated heterocycles. The van der Waals surface area contributed by atoms with E-state index in [0.717, 1.165) is 18.7 Å². The first-order valence-electron chi connectivity index (χ1n) is 8.95. The smallest absolute Gasteiger partial charge is 0.410 e. The molecule has 0 aromatic carbocycles. The minimum Gasteiger partial charge on any atom is -0.436 e. The first-order valence-corrected chi connectivity index (χ1v) is 8.95. The molecule has 26 heavy (non-hydrogen) atoms. The number of likely N-dealkylation sites (tertiary alicyclic amines) is 1. The zero-order valence-corrected chi connectivity index (χ0v) is 15.6. The average Bonchev–Trinajstić information content (AvgIpc) is 2.63. The van der Waals surface area contributed by atoms with Crippen molar-refractivity contribution >= 4 is 12.0 Å². The third kappa shape index (κ3) is 5.44. The fraction of sp³-hybridized carbons (Fsp3) is 0.722. The Balaban J connectivity index is 2.02. The van der Waals surface area contributed by atoms with Gasteiger partial charge in [0.05, 0.1) is 19.3 Å². The zero-order valence-electron chi connectivity index (χ0n) is 15.6. The Morgan fingerprint density at radius 3 is 2.46 bits per heavy atom. The van der Waals surface area contributed by atoms with Crippen molar-refractivity contribution < 1.29 is 19.1 Å². The lowest BCUT2D eigenvalue weighted by Gasteiger charge is -2.37. The molecule has 1 atom stereocenters. The van der Waals surface area contributed by atoms with Crippen LogP contribution in [0.1, 0.15) is 26.2 Å². The second-order valence-corrected chi connectivity index (χ2v) is 7.12. The van der Waals surface area contributed by atoms with Crippen molar-refractivity contribution in [2.45, 2.75) is 37.8 Å². The van der Waals surface area contributed by atoms with Gasteiger partial charge in [0.1, 0.15) is 5.54 Å². The van der Waals surface area contributed by atoms with Crippen molar-refractivity contribution in [1.29, 1.82) is 5.26 Å². The molecule has 0 spiro atoms. The molecule has 144 valence electrons. The fourth-order valence-electron chi connectivity index (χ4n) is 3.03. The number of nitrogens with one attached hydrogen (secondary N) is 1. The SMILES string of the molecule is C=C(C)C[C@H](OC(=O)N1CCOCC1)C(=O)NC1(C#N)CCN(C)CC1. The first-order chi connectivity index (χ1) is 12.3. The minimum atomic E-state index is -0.993. The summed E-state index contributed by atoms with van der Waals surface area (Å²) in [6, 6.07) is 2.25. The summed E-state index contributed by atoms with van der Waals surface area (Å²) in [7, 11) is 1.98. The quantitative estimate of drug-likeness (QED) is 0.728. The molecule has 2 aliphatic heterocycles. The minimum absolute atomic E-state index is 0.226. The van der Waals surface area contributed by atoms with E-state index < -0.39 is 23.6 Å². The Kier molecular flexibility index (Phi) is 7.00. The van der Waals surface area contributed by atoms with Crippen molar-refractivity contribution in [2.75, 3.05) is 46.4 Å². The summed E-state index contributed by atoms with van der Waals surface area (Å²) < 4.78 is 10.7. The van der Waals surface area contributed by atoms with Crippen LogP contribution in [0.15, 0.2) is 12.2 Å². The molecule has 0 radical (unpaired) electrons. The van der Waals surface area contributed by atoms with Crippen molar-refractivity contribution in [3.8, 4) is 6.07 Å². The molecule has 8 heteroatoms. The predicted molar refractivity (Wildman–Crippen MR) is 95.3 cm³/mol. The van der Waals surface area contributed by atoms with E-state index in [4.69, 9.17) is 9.47 Å². The lowest BCUT2D eigenvalue weighted by Crippen LogP contribution is -2.56. The van der Waals surface area contributed by atoms with Gasteiger partial charge in [-0.05, 0) is 26.8 Å². The van der Waals surface area contributed by atoms with Crippen LogP contribution in [-0.2, 0) is 14.3 Å². The summed E-state index contributed by atoms with van der Waals surface area (Å²) in [4.78, 5) is 28.8. The van der Waals surface area contributed by atoms with E-state index >= 15 is 0 Å². The Morgan fingerprint density at radius 2 is 1.92 bits per heavy atom. The van der Waals surface area contributed by atoms with Crippen molar-refractivity contribution in [2.24, 2.45) is 0 Å². The highest BCUT2D eigenvalue weighted by atomic mass is 16.6. The molecule has 0 aliphatic carbocycles. The molecule has 0 aromatic heterocycles. The molecule has 2 heterocycles. The number of piperidine rings is 1. The van der Waals surface area contributed by atoms with Crippen LogP contribution in [0.5, 0.6) is 0 Å². The summed E-state index contributed by atoms with van der Waals surface area (Å²) in [6.07, 6.45) is -0.216. The van der Waals surface area contributed by atoms with Gasteiger partial charge in [-0.15, -0.1) is 0 Å². The molecule has 0 aromatic rings. The van der Waals surface area contributed by atoms with Crippen molar-refractivity contribution in [3.63, 3.8) is 0 Å². The maximum atomic E-state index is 12.8. The number of ether oxygens (including phenoxy) is 2. The van der Waals surface area contributed by atoms with Gasteiger partial charge in [-0.2, -0.15) is 5.26 Å². The highest BCUT2D eigenvalue weighted by Crippen LogP contribution is 2.22. The lowest BCUT2D eigenvalue weighted by molar-refractivity contribution is -0.132. The number of morpholine rings is 1. The van der Waals surface area contributed by atoms with Gasteiger partial charge in [0, 0.05) is 32.6 Å². The standard InChI is InChI=1S/C18H28N4O4/c1-14(2)12-15(26-17(24)22-8-10-25-11-9-22)16(23)20-18(13-19)4-6-21(3)7-5-18/h15H,1,4-12H2,2-3H3,(H,20,23)/t15-/m0/s1. The lowest BCUT2D eigenvalue weighted by atomic mass is 9.88. The summed E-state index contributed by atoms with van der Waals surface area (Å²) in [5.41, 5.74) is -0.184. The van der Waals surface area contributed by atoms with Crippen LogP contribution in [0.4, 0.5) is 4.79 Å². The van der Waals surface area contributed by atoms with Crippen LogP contribution < -0.4 is 5.32 Å². The third-order valence-corrected chi connectivity index (χ3v) is 4.76. The number of carbonyl (C=O) groups is 2. The molecule has 0 saturated carbocycles. The molecule has 0 unspecified atom stereocenters. The highest BCUT2D eigenvalue weighted by Gasteiger charge is 2.38. The van der Waals surface area contributed by atoms with Crippen molar-refractivity contribution in [1.82, 2.24) is 15.1 Å².